The zero-order valence-electron chi connectivity index (χ0n) is 14.7. The van der Waals surface area contributed by atoms with Gasteiger partial charge in [-0.05, 0) is 49.7 Å². The van der Waals surface area contributed by atoms with Gasteiger partial charge >= 0.3 is 0 Å². The number of likely N-dealkylation sites (N-methyl/N-ethyl adjacent to an activating group) is 1. The minimum absolute atomic E-state index is 0.210. The van der Waals surface area contributed by atoms with Gasteiger partial charge in [0.2, 0.25) is 15.9 Å². The Bertz CT molecular complexity index is 862. The number of nitrogens with zero attached hydrogens (tertiary/aromatic N) is 1. The highest BCUT2D eigenvalue weighted by atomic mass is 32.2. The van der Waals surface area contributed by atoms with Gasteiger partial charge in [0, 0.05) is 22.5 Å². The molecule has 1 N–H and O–H groups in total. The second kappa shape index (κ2) is 8.03. The number of sulfonamides is 1. The van der Waals surface area contributed by atoms with Gasteiger partial charge in [-0.1, -0.05) is 29.5 Å². The molecule has 0 aliphatic rings. The molecule has 0 radical (unpaired) electrons. The van der Waals surface area contributed by atoms with E-state index in [1.54, 1.807) is 11.8 Å². The molecule has 0 spiro atoms. The van der Waals surface area contributed by atoms with Crippen molar-refractivity contribution in [2.45, 2.75) is 23.6 Å². The van der Waals surface area contributed by atoms with Crippen LogP contribution in [0.15, 0.2) is 52.3 Å². The molecule has 0 bridgehead atoms. The van der Waals surface area contributed by atoms with Crippen LogP contribution in [0.4, 0.5) is 5.69 Å². The zero-order valence-corrected chi connectivity index (χ0v) is 16.4. The van der Waals surface area contributed by atoms with Crippen molar-refractivity contribution in [3.8, 4) is 0 Å². The van der Waals surface area contributed by atoms with Crippen LogP contribution in [0, 0.1) is 13.8 Å². The zero-order chi connectivity index (χ0) is 18.6. The van der Waals surface area contributed by atoms with Crippen molar-refractivity contribution in [1.82, 2.24) is 4.31 Å². The van der Waals surface area contributed by atoms with Crippen LogP contribution in [0.3, 0.4) is 0 Å². The Kier molecular flexibility index (Phi) is 6.26. The Morgan fingerprint density at radius 3 is 2.32 bits per heavy atom. The Hall–Kier alpha value is -1.83. The second-order valence-corrected chi connectivity index (χ2v) is 9.17. The number of hydrogen-bond donors (Lipinski definition) is 1. The number of benzene rings is 2. The molecular formula is C18H22N2O3S2. The molecule has 7 heteroatoms. The molecule has 0 unspecified atom stereocenters. The Morgan fingerprint density at radius 1 is 1.12 bits per heavy atom. The van der Waals surface area contributed by atoms with E-state index >= 15 is 0 Å². The predicted molar refractivity (Wildman–Crippen MR) is 103 cm³/mol. The van der Waals surface area contributed by atoms with Crippen LogP contribution in [0.1, 0.15) is 11.1 Å². The van der Waals surface area contributed by atoms with Gasteiger partial charge in [-0.3, -0.25) is 4.79 Å². The van der Waals surface area contributed by atoms with Crippen molar-refractivity contribution in [1.29, 1.82) is 0 Å². The number of hydrogen-bond acceptors (Lipinski definition) is 4. The molecular weight excluding hydrogens is 356 g/mol. The molecule has 25 heavy (non-hydrogen) atoms. The largest absolute Gasteiger partial charge is 0.325 e. The minimum Gasteiger partial charge on any atom is -0.325 e. The summed E-state index contributed by atoms with van der Waals surface area (Å²) >= 11 is 1.66. The quantitative estimate of drug-likeness (QED) is 0.838. The summed E-state index contributed by atoms with van der Waals surface area (Å²) in [6.45, 7) is 3.94. The van der Waals surface area contributed by atoms with Crippen LogP contribution in [-0.4, -0.2) is 38.5 Å². The molecule has 0 fully saturated rings. The molecule has 0 aliphatic heterocycles. The molecule has 0 aliphatic carbocycles. The third-order valence-electron chi connectivity index (χ3n) is 3.63. The van der Waals surface area contributed by atoms with E-state index in [9.17, 15) is 13.2 Å². The first-order chi connectivity index (χ1) is 11.6. The van der Waals surface area contributed by atoms with E-state index in [0.717, 1.165) is 15.5 Å². The molecule has 2 aromatic carbocycles. The van der Waals surface area contributed by atoms with Crippen LogP contribution in [-0.2, 0) is 14.8 Å². The fourth-order valence-electron chi connectivity index (χ4n) is 2.17. The maximum atomic E-state index is 11.9. The van der Waals surface area contributed by atoms with Crippen LogP contribution >= 0.6 is 11.8 Å². The number of rotatable bonds is 6. The van der Waals surface area contributed by atoms with E-state index in [0.29, 0.717) is 5.69 Å². The van der Waals surface area contributed by atoms with Crippen molar-refractivity contribution in [3.05, 3.63) is 53.6 Å². The number of aryl methyl sites for hydroxylation is 2. The van der Waals surface area contributed by atoms with Gasteiger partial charge in [-0.15, -0.1) is 0 Å². The predicted octanol–water partition coefficient (Wildman–Crippen LogP) is 3.28. The van der Waals surface area contributed by atoms with E-state index in [4.69, 9.17) is 0 Å². The molecule has 5 nitrogen and oxygen atoms in total. The highest BCUT2D eigenvalue weighted by Crippen LogP contribution is 2.31. The number of carbonyl (C=O) groups is 1. The fourth-order valence-corrected chi connectivity index (χ4v) is 3.40. The third kappa shape index (κ3) is 5.88. The fraction of sp³-hybridized carbons (Fsp3) is 0.278. The molecule has 0 saturated carbocycles. The van der Waals surface area contributed by atoms with E-state index < -0.39 is 10.0 Å². The van der Waals surface area contributed by atoms with Gasteiger partial charge in [-0.2, -0.15) is 4.31 Å². The van der Waals surface area contributed by atoms with Crippen molar-refractivity contribution in [2.24, 2.45) is 0 Å². The highest BCUT2D eigenvalue weighted by molar-refractivity contribution is 7.99. The molecule has 1 amide bonds. The summed E-state index contributed by atoms with van der Waals surface area (Å²) in [5.41, 5.74) is 3.10. The van der Waals surface area contributed by atoms with Crippen molar-refractivity contribution >= 4 is 33.4 Å². The Balaban J connectivity index is 1.99. The maximum absolute atomic E-state index is 11.9. The normalized spacial score (nSPS) is 11.6. The van der Waals surface area contributed by atoms with Gasteiger partial charge in [0.1, 0.15) is 0 Å². The van der Waals surface area contributed by atoms with Gasteiger partial charge in [-0.25, -0.2) is 8.42 Å². The van der Waals surface area contributed by atoms with Gasteiger partial charge in [0.15, 0.2) is 0 Å². The Labute approximate surface area is 153 Å². The van der Waals surface area contributed by atoms with Crippen molar-refractivity contribution < 1.29 is 13.2 Å². The first kappa shape index (κ1) is 19.5. The number of nitrogens with one attached hydrogen (secondary N) is 1. The van der Waals surface area contributed by atoms with Crippen molar-refractivity contribution in [3.63, 3.8) is 0 Å². The topological polar surface area (TPSA) is 66.5 Å². The number of carbonyl (C=O) groups excluding carboxylic acids is 1. The smallest absolute Gasteiger partial charge is 0.239 e. The standard InChI is InChI=1S/C18H22N2O3S2/c1-13-5-10-17(14(2)11-13)24-16-8-6-15(7-9-16)19-18(21)12-20(3)25(4,22)23/h5-11H,12H2,1-4H3,(H,19,21). The molecule has 0 atom stereocenters. The number of anilines is 1. The summed E-state index contributed by atoms with van der Waals surface area (Å²) in [5, 5.41) is 2.70. The molecule has 134 valence electrons. The summed E-state index contributed by atoms with van der Waals surface area (Å²) in [7, 11) is -2.00. The summed E-state index contributed by atoms with van der Waals surface area (Å²) in [6.07, 6.45) is 1.07. The molecule has 0 saturated heterocycles. The lowest BCUT2D eigenvalue weighted by Gasteiger charge is -2.14. The molecule has 0 heterocycles. The second-order valence-electron chi connectivity index (χ2n) is 5.96. The highest BCUT2D eigenvalue weighted by Gasteiger charge is 2.15. The Morgan fingerprint density at radius 2 is 1.76 bits per heavy atom. The molecule has 2 aromatic rings. The maximum Gasteiger partial charge on any atom is 0.239 e. The first-order valence-corrected chi connectivity index (χ1v) is 10.4. The van der Waals surface area contributed by atoms with Gasteiger partial charge < -0.3 is 5.32 Å². The summed E-state index contributed by atoms with van der Waals surface area (Å²) < 4.78 is 23.7. The average molecular weight is 379 g/mol. The average Bonchev–Trinajstić information content (AvgIpc) is 2.51. The van der Waals surface area contributed by atoms with Crippen LogP contribution in [0.25, 0.3) is 0 Å². The first-order valence-electron chi connectivity index (χ1n) is 7.71. The van der Waals surface area contributed by atoms with E-state index in [1.165, 1.54) is 23.1 Å². The monoisotopic (exact) mass is 378 g/mol. The van der Waals surface area contributed by atoms with E-state index in [2.05, 4.69) is 37.4 Å². The lowest BCUT2D eigenvalue weighted by atomic mass is 10.2. The lowest BCUT2D eigenvalue weighted by molar-refractivity contribution is -0.116. The van der Waals surface area contributed by atoms with Crippen molar-refractivity contribution in [2.75, 3.05) is 25.2 Å². The number of amides is 1. The minimum atomic E-state index is -3.37. The third-order valence-corrected chi connectivity index (χ3v) is 6.08. The lowest BCUT2D eigenvalue weighted by Crippen LogP contribution is -2.34. The van der Waals surface area contributed by atoms with E-state index in [1.807, 2.05) is 24.3 Å². The summed E-state index contributed by atoms with van der Waals surface area (Å²) in [4.78, 5) is 14.2. The van der Waals surface area contributed by atoms with Crippen LogP contribution in [0.5, 0.6) is 0 Å². The van der Waals surface area contributed by atoms with Crippen LogP contribution < -0.4 is 5.32 Å². The van der Waals surface area contributed by atoms with Gasteiger partial charge in [0.05, 0.1) is 12.8 Å². The SMILES string of the molecule is Cc1ccc(Sc2ccc(NC(=O)CN(C)S(C)(=O)=O)cc2)c(C)c1. The van der Waals surface area contributed by atoms with Crippen LogP contribution in [0.2, 0.25) is 0 Å². The summed E-state index contributed by atoms with van der Waals surface area (Å²) in [5.74, 6) is -0.372. The molecule has 2 rings (SSSR count). The van der Waals surface area contributed by atoms with Gasteiger partial charge in [0.25, 0.3) is 0 Å². The summed E-state index contributed by atoms with van der Waals surface area (Å²) in [6, 6.07) is 13.8. The molecule has 0 aromatic heterocycles. The van der Waals surface area contributed by atoms with E-state index in [-0.39, 0.29) is 12.5 Å².